The highest BCUT2D eigenvalue weighted by atomic mass is 16.3. The van der Waals surface area contributed by atoms with E-state index in [9.17, 15) is 4.79 Å². The van der Waals surface area contributed by atoms with Crippen LogP contribution in [0.4, 0.5) is 0 Å². The maximum Gasteiger partial charge on any atom is 0.226 e. The fraction of sp³-hybridized carbons (Fsp3) is 0.474. The van der Waals surface area contributed by atoms with Crippen LogP contribution in [-0.2, 0) is 11.2 Å². The Morgan fingerprint density at radius 1 is 1.22 bits per heavy atom. The molecule has 0 bridgehead atoms. The molecule has 5 rings (SSSR count). The molecular formula is C19H20N2O2. The number of hydrogen-bond acceptors (Lipinski definition) is 3. The first-order valence-corrected chi connectivity index (χ1v) is 8.59. The van der Waals surface area contributed by atoms with E-state index in [1.54, 1.807) is 12.5 Å². The lowest BCUT2D eigenvalue weighted by molar-refractivity contribution is -0.134. The summed E-state index contributed by atoms with van der Waals surface area (Å²) in [4.78, 5) is 19.2. The van der Waals surface area contributed by atoms with Gasteiger partial charge in [0.2, 0.25) is 5.91 Å². The average molecular weight is 308 g/mol. The van der Waals surface area contributed by atoms with Crippen LogP contribution >= 0.6 is 0 Å². The second kappa shape index (κ2) is 4.95. The summed E-state index contributed by atoms with van der Waals surface area (Å²) in [6, 6.07) is 8.63. The first-order chi connectivity index (χ1) is 11.3. The van der Waals surface area contributed by atoms with E-state index < -0.39 is 0 Å². The molecule has 1 aromatic carbocycles. The quantitative estimate of drug-likeness (QED) is 0.857. The minimum Gasteiger partial charge on any atom is -0.449 e. The van der Waals surface area contributed by atoms with Crippen molar-refractivity contribution in [2.75, 3.05) is 13.1 Å². The number of hydrogen-bond donors (Lipinski definition) is 0. The lowest BCUT2D eigenvalue weighted by Gasteiger charge is -2.31. The van der Waals surface area contributed by atoms with Gasteiger partial charge in [0.05, 0.1) is 6.20 Å². The van der Waals surface area contributed by atoms with E-state index >= 15 is 0 Å². The third-order valence-corrected chi connectivity index (χ3v) is 5.93. The maximum atomic E-state index is 12.9. The summed E-state index contributed by atoms with van der Waals surface area (Å²) in [5.74, 6) is 2.86. The van der Waals surface area contributed by atoms with E-state index in [1.807, 2.05) is 0 Å². The van der Waals surface area contributed by atoms with Crippen LogP contribution in [0.2, 0.25) is 0 Å². The molecule has 0 N–H and O–H groups in total. The average Bonchev–Trinajstić information content (AvgIpc) is 2.96. The lowest BCUT2D eigenvalue weighted by Crippen LogP contribution is -2.39. The van der Waals surface area contributed by atoms with E-state index in [4.69, 9.17) is 4.42 Å². The van der Waals surface area contributed by atoms with Gasteiger partial charge in [0.15, 0.2) is 5.89 Å². The second-order valence-corrected chi connectivity index (χ2v) is 7.09. The molecule has 3 atom stereocenters. The third kappa shape index (κ3) is 2.04. The summed E-state index contributed by atoms with van der Waals surface area (Å²) >= 11 is 0. The monoisotopic (exact) mass is 308 g/mol. The summed E-state index contributed by atoms with van der Waals surface area (Å²) in [5, 5.41) is 0. The Bertz CT molecular complexity index is 732. The summed E-state index contributed by atoms with van der Waals surface area (Å²) in [6.45, 7) is 1.67. The summed E-state index contributed by atoms with van der Waals surface area (Å²) in [5.41, 5.74) is 2.87. The number of amides is 1. The smallest absolute Gasteiger partial charge is 0.226 e. The number of oxazole rings is 1. The van der Waals surface area contributed by atoms with Crippen LogP contribution in [0.5, 0.6) is 0 Å². The number of piperidine rings is 1. The number of benzene rings is 1. The molecule has 1 aromatic heterocycles. The molecular weight excluding hydrogens is 288 g/mol. The van der Waals surface area contributed by atoms with Crippen LogP contribution in [0.15, 0.2) is 41.1 Å². The Balaban J connectivity index is 1.24. The van der Waals surface area contributed by atoms with Crippen molar-refractivity contribution in [2.45, 2.75) is 31.1 Å². The van der Waals surface area contributed by atoms with Gasteiger partial charge in [-0.2, -0.15) is 0 Å². The highest BCUT2D eigenvalue weighted by molar-refractivity contribution is 5.85. The van der Waals surface area contributed by atoms with Crippen LogP contribution in [0.1, 0.15) is 41.7 Å². The Kier molecular flexibility index (Phi) is 2.87. The molecule has 0 spiro atoms. The second-order valence-electron chi connectivity index (χ2n) is 7.09. The zero-order valence-electron chi connectivity index (χ0n) is 13.0. The van der Waals surface area contributed by atoms with Gasteiger partial charge < -0.3 is 9.32 Å². The third-order valence-electron chi connectivity index (χ3n) is 5.93. The topological polar surface area (TPSA) is 46.3 Å². The molecule has 4 heteroatoms. The van der Waals surface area contributed by atoms with Crippen molar-refractivity contribution < 1.29 is 9.21 Å². The van der Waals surface area contributed by atoms with E-state index in [2.05, 4.69) is 34.1 Å². The van der Waals surface area contributed by atoms with Crippen LogP contribution in [0, 0.1) is 11.8 Å². The molecule has 1 saturated heterocycles. The molecule has 2 aromatic rings. The largest absolute Gasteiger partial charge is 0.449 e. The number of carbonyl (C=O) groups is 1. The SMILES string of the molecule is O=C(C1C2Cc3ccccc3C21)N1CCC(c2ncco2)CC1. The van der Waals surface area contributed by atoms with Gasteiger partial charge in [-0.1, -0.05) is 24.3 Å². The van der Waals surface area contributed by atoms with Gasteiger partial charge in [0.1, 0.15) is 6.26 Å². The van der Waals surface area contributed by atoms with Gasteiger partial charge in [-0.15, -0.1) is 0 Å². The van der Waals surface area contributed by atoms with Crippen molar-refractivity contribution >= 4 is 5.91 Å². The number of fused-ring (bicyclic) bond motifs is 3. The molecule has 4 nitrogen and oxygen atoms in total. The Morgan fingerprint density at radius 3 is 2.83 bits per heavy atom. The molecule has 2 fully saturated rings. The van der Waals surface area contributed by atoms with Crippen molar-refractivity contribution in [1.82, 2.24) is 9.88 Å². The van der Waals surface area contributed by atoms with Crippen LogP contribution in [0.25, 0.3) is 0 Å². The summed E-state index contributed by atoms with van der Waals surface area (Å²) in [7, 11) is 0. The minimum atomic E-state index is 0.239. The predicted molar refractivity (Wildman–Crippen MR) is 84.9 cm³/mol. The molecule has 1 aliphatic heterocycles. The number of aromatic nitrogens is 1. The molecule has 2 aliphatic carbocycles. The minimum absolute atomic E-state index is 0.239. The summed E-state index contributed by atoms with van der Waals surface area (Å²) < 4.78 is 5.41. The van der Waals surface area contributed by atoms with E-state index in [0.717, 1.165) is 38.2 Å². The van der Waals surface area contributed by atoms with Gasteiger partial charge in [-0.25, -0.2) is 4.98 Å². The maximum absolute atomic E-state index is 12.9. The van der Waals surface area contributed by atoms with Crippen molar-refractivity contribution in [2.24, 2.45) is 11.8 Å². The molecule has 2 heterocycles. The number of nitrogens with zero attached hydrogens (tertiary/aromatic N) is 2. The highest BCUT2D eigenvalue weighted by Crippen LogP contribution is 2.62. The molecule has 1 amide bonds. The van der Waals surface area contributed by atoms with Crippen molar-refractivity contribution in [1.29, 1.82) is 0 Å². The van der Waals surface area contributed by atoms with Crippen LogP contribution < -0.4 is 0 Å². The lowest BCUT2D eigenvalue weighted by atomic mass is 9.95. The zero-order chi connectivity index (χ0) is 15.4. The number of rotatable bonds is 2. The van der Waals surface area contributed by atoms with Gasteiger partial charge in [0.25, 0.3) is 0 Å². The molecule has 118 valence electrons. The Morgan fingerprint density at radius 2 is 2.04 bits per heavy atom. The predicted octanol–water partition coefficient (Wildman–Crippen LogP) is 2.97. The zero-order valence-corrected chi connectivity index (χ0v) is 13.0. The molecule has 1 saturated carbocycles. The van der Waals surface area contributed by atoms with Gasteiger partial charge in [0, 0.05) is 24.9 Å². The first kappa shape index (κ1) is 13.3. The van der Waals surface area contributed by atoms with Crippen LogP contribution in [0.3, 0.4) is 0 Å². The standard InChI is InChI=1S/C19H20N2O2/c22-19(17-15-11-13-3-1-2-4-14(13)16(15)17)21-8-5-12(6-9-21)18-20-7-10-23-18/h1-4,7,10,12,15-17H,5-6,8-9,11H2. The highest BCUT2D eigenvalue weighted by Gasteiger charge is 2.60. The molecule has 23 heavy (non-hydrogen) atoms. The fourth-order valence-electron chi connectivity index (χ4n) is 4.68. The van der Waals surface area contributed by atoms with E-state index in [1.165, 1.54) is 11.1 Å². The Hall–Kier alpha value is -2.10. The fourth-order valence-corrected chi connectivity index (χ4v) is 4.68. The van der Waals surface area contributed by atoms with E-state index in [0.29, 0.717) is 23.7 Å². The molecule has 3 unspecified atom stereocenters. The molecule has 3 aliphatic rings. The number of carbonyl (C=O) groups excluding carboxylic acids is 1. The summed E-state index contributed by atoms with van der Waals surface area (Å²) in [6.07, 6.45) is 6.35. The van der Waals surface area contributed by atoms with Crippen molar-refractivity contribution in [3.8, 4) is 0 Å². The Labute approximate surface area is 135 Å². The van der Waals surface area contributed by atoms with Gasteiger partial charge >= 0.3 is 0 Å². The first-order valence-electron chi connectivity index (χ1n) is 8.59. The van der Waals surface area contributed by atoms with Gasteiger partial charge in [-0.05, 0) is 42.2 Å². The van der Waals surface area contributed by atoms with E-state index in [-0.39, 0.29) is 5.92 Å². The molecule has 0 radical (unpaired) electrons. The number of likely N-dealkylation sites (tertiary alicyclic amines) is 1. The van der Waals surface area contributed by atoms with Gasteiger partial charge in [-0.3, -0.25) is 4.79 Å². The van der Waals surface area contributed by atoms with Crippen molar-refractivity contribution in [3.63, 3.8) is 0 Å². The normalized spacial score (nSPS) is 29.2. The van der Waals surface area contributed by atoms with Crippen molar-refractivity contribution in [3.05, 3.63) is 53.7 Å². The van der Waals surface area contributed by atoms with Crippen LogP contribution in [-0.4, -0.2) is 28.9 Å².